The molecule has 28 heavy (non-hydrogen) atoms. The van der Waals surface area contributed by atoms with Crippen molar-refractivity contribution in [1.29, 1.82) is 0 Å². The zero-order chi connectivity index (χ0) is 20.9. The minimum absolute atomic E-state index is 0.0734. The summed E-state index contributed by atoms with van der Waals surface area (Å²) in [6, 6.07) is 8.31. The molecule has 0 aliphatic carbocycles. The van der Waals surface area contributed by atoms with Crippen molar-refractivity contribution in [2.24, 2.45) is 0 Å². The predicted molar refractivity (Wildman–Crippen MR) is 99.2 cm³/mol. The SMILES string of the molecule is CC(=O)c1cccc(S(=O)(=O)NCCC(=O)N[C@H](C)c2ccc(F)c(F)c2)c1. The zero-order valence-corrected chi connectivity index (χ0v) is 16.1. The summed E-state index contributed by atoms with van der Waals surface area (Å²) >= 11 is 0. The Hall–Kier alpha value is -2.65. The van der Waals surface area contributed by atoms with Crippen molar-refractivity contribution in [2.75, 3.05) is 6.54 Å². The lowest BCUT2D eigenvalue weighted by molar-refractivity contribution is -0.121. The smallest absolute Gasteiger partial charge is 0.240 e. The molecule has 0 fully saturated rings. The summed E-state index contributed by atoms with van der Waals surface area (Å²) in [6.45, 7) is 2.77. The molecule has 2 rings (SSSR count). The van der Waals surface area contributed by atoms with Gasteiger partial charge in [-0.15, -0.1) is 0 Å². The summed E-state index contributed by atoms with van der Waals surface area (Å²) in [5.74, 6) is -2.72. The molecule has 2 N–H and O–H groups in total. The van der Waals surface area contributed by atoms with Gasteiger partial charge in [0.1, 0.15) is 0 Å². The van der Waals surface area contributed by atoms with E-state index in [1.807, 2.05) is 0 Å². The molecule has 0 saturated heterocycles. The van der Waals surface area contributed by atoms with E-state index >= 15 is 0 Å². The van der Waals surface area contributed by atoms with Crippen LogP contribution in [0, 0.1) is 11.6 Å². The molecule has 150 valence electrons. The minimum atomic E-state index is -3.88. The highest BCUT2D eigenvalue weighted by Crippen LogP contribution is 2.16. The molecule has 0 heterocycles. The Morgan fingerprint density at radius 1 is 1.07 bits per heavy atom. The number of ketones is 1. The number of halogens is 2. The van der Waals surface area contributed by atoms with Crippen LogP contribution < -0.4 is 10.0 Å². The Balaban J connectivity index is 1.91. The van der Waals surface area contributed by atoms with E-state index in [-0.39, 0.29) is 29.2 Å². The maximum absolute atomic E-state index is 13.3. The second-order valence-electron chi connectivity index (χ2n) is 6.19. The Labute approximate surface area is 162 Å². The number of Topliss-reactive ketones (excluding diaryl/α,β-unsaturated/α-hetero) is 1. The standard InChI is InChI=1S/C19H20F2N2O4S/c1-12(14-6-7-17(20)18(21)11-14)23-19(25)8-9-22-28(26,27)16-5-3-4-15(10-16)13(2)24/h3-7,10-12,22H,8-9H2,1-2H3,(H,23,25)/t12-/m1/s1. The van der Waals surface area contributed by atoms with Crippen molar-refractivity contribution in [3.05, 3.63) is 65.2 Å². The first-order valence-corrected chi connectivity index (χ1v) is 9.93. The lowest BCUT2D eigenvalue weighted by atomic mass is 10.1. The minimum Gasteiger partial charge on any atom is -0.350 e. The van der Waals surface area contributed by atoms with Gasteiger partial charge in [-0.25, -0.2) is 21.9 Å². The van der Waals surface area contributed by atoms with Crippen LogP contribution in [0.5, 0.6) is 0 Å². The molecule has 6 nitrogen and oxygen atoms in total. The first kappa shape index (κ1) is 21.6. The zero-order valence-electron chi connectivity index (χ0n) is 15.3. The summed E-state index contributed by atoms with van der Waals surface area (Å²) in [5.41, 5.74) is 0.648. The van der Waals surface area contributed by atoms with Crippen molar-refractivity contribution in [3.63, 3.8) is 0 Å². The Morgan fingerprint density at radius 3 is 2.43 bits per heavy atom. The second kappa shape index (κ2) is 9.03. The van der Waals surface area contributed by atoms with Crippen LogP contribution in [0.1, 0.15) is 42.2 Å². The number of hydrogen-bond donors (Lipinski definition) is 2. The fraction of sp³-hybridized carbons (Fsp3) is 0.263. The van der Waals surface area contributed by atoms with Gasteiger partial charge < -0.3 is 5.32 Å². The lowest BCUT2D eigenvalue weighted by Gasteiger charge is -2.15. The number of amides is 1. The number of carbonyl (C=O) groups excluding carboxylic acids is 2. The van der Waals surface area contributed by atoms with Gasteiger partial charge in [-0.05, 0) is 43.7 Å². The molecule has 9 heteroatoms. The van der Waals surface area contributed by atoms with E-state index in [1.54, 1.807) is 6.92 Å². The van der Waals surface area contributed by atoms with E-state index in [1.165, 1.54) is 37.3 Å². The third kappa shape index (κ3) is 5.67. The van der Waals surface area contributed by atoms with Crippen molar-refractivity contribution < 1.29 is 26.8 Å². The first-order valence-electron chi connectivity index (χ1n) is 8.45. The van der Waals surface area contributed by atoms with Crippen LogP contribution in [0.15, 0.2) is 47.4 Å². The quantitative estimate of drug-likeness (QED) is 0.655. The summed E-state index contributed by atoms with van der Waals surface area (Å²) in [6.07, 6.45) is -0.153. The van der Waals surface area contributed by atoms with E-state index in [0.29, 0.717) is 5.56 Å². The average Bonchev–Trinajstić information content (AvgIpc) is 2.63. The normalized spacial score (nSPS) is 12.4. The van der Waals surface area contributed by atoms with Gasteiger partial charge in [-0.1, -0.05) is 18.2 Å². The largest absolute Gasteiger partial charge is 0.350 e. The van der Waals surface area contributed by atoms with Gasteiger partial charge in [0.05, 0.1) is 10.9 Å². The topological polar surface area (TPSA) is 92.3 Å². The molecular formula is C19H20F2N2O4S. The number of hydrogen-bond acceptors (Lipinski definition) is 4. The fourth-order valence-electron chi connectivity index (χ4n) is 2.44. The maximum Gasteiger partial charge on any atom is 0.240 e. The Morgan fingerprint density at radius 2 is 1.79 bits per heavy atom. The van der Waals surface area contributed by atoms with Crippen molar-refractivity contribution in [1.82, 2.24) is 10.0 Å². The Kier molecular flexibility index (Phi) is 6.98. The summed E-state index contributed by atoms with van der Waals surface area (Å²) in [4.78, 5) is 23.3. The van der Waals surface area contributed by atoms with Crippen molar-refractivity contribution in [3.8, 4) is 0 Å². The number of carbonyl (C=O) groups is 2. The van der Waals surface area contributed by atoms with Gasteiger partial charge in [-0.3, -0.25) is 9.59 Å². The molecule has 0 aromatic heterocycles. The first-order chi connectivity index (χ1) is 13.1. The molecule has 0 bridgehead atoms. The molecule has 2 aromatic rings. The van der Waals surface area contributed by atoms with Gasteiger partial charge >= 0.3 is 0 Å². The van der Waals surface area contributed by atoms with Crippen LogP contribution in [0.3, 0.4) is 0 Å². The molecule has 2 aromatic carbocycles. The van der Waals surface area contributed by atoms with Gasteiger partial charge in [-0.2, -0.15) is 0 Å². The molecule has 0 radical (unpaired) electrons. The second-order valence-corrected chi connectivity index (χ2v) is 7.96. The molecule has 1 amide bonds. The molecule has 0 unspecified atom stereocenters. The molecule has 0 aliphatic heterocycles. The third-order valence-electron chi connectivity index (χ3n) is 4.02. The highest BCUT2D eigenvalue weighted by Gasteiger charge is 2.17. The summed E-state index contributed by atoms with van der Waals surface area (Å²) in [7, 11) is -3.88. The van der Waals surface area contributed by atoms with Crippen molar-refractivity contribution in [2.45, 2.75) is 31.2 Å². The van der Waals surface area contributed by atoms with Gasteiger partial charge in [0.2, 0.25) is 15.9 Å². The van der Waals surface area contributed by atoms with E-state index in [9.17, 15) is 26.8 Å². The highest BCUT2D eigenvalue weighted by molar-refractivity contribution is 7.89. The number of benzene rings is 2. The summed E-state index contributed by atoms with van der Waals surface area (Å²) < 4.78 is 53.1. The van der Waals surface area contributed by atoms with E-state index in [4.69, 9.17) is 0 Å². The van der Waals surface area contributed by atoms with Crippen molar-refractivity contribution >= 4 is 21.7 Å². The molecule has 1 atom stereocenters. The maximum atomic E-state index is 13.3. The molecule has 0 saturated carbocycles. The fourth-order valence-corrected chi connectivity index (χ4v) is 3.52. The van der Waals surface area contributed by atoms with Gasteiger partial charge in [0.15, 0.2) is 17.4 Å². The van der Waals surface area contributed by atoms with Crippen LogP contribution in [0.4, 0.5) is 8.78 Å². The van der Waals surface area contributed by atoms with Crippen LogP contribution in [-0.4, -0.2) is 26.7 Å². The van der Waals surface area contributed by atoms with E-state index in [0.717, 1.165) is 12.1 Å². The predicted octanol–water partition coefficient (Wildman–Crippen LogP) is 2.71. The van der Waals surface area contributed by atoms with E-state index < -0.39 is 33.6 Å². The lowest BCUT2D eigenvalue weighted by Crippen LogP contribution is -2.32. The Bertz CT molecular complexity index is 993. The van der Waals surface area contributed by atoms with Gasteiger partial charge in [0.25, 0.3) is 0 Å². The van der Waals surface area contributed by atoms with Crippen LogP contribution in [0.25, 0.3) is 0 Å². The third-order valence-corrected chi connectivity index (χ3v) is 5.47. The monoisotopic (exact) mass is 410 g/mol. The van der Waals surface area contributed by atoms with Crippen LogP contribution >= 0.6 is 0 Å². The molecule has 0 aliphatic rings. The van der Waals surface area contributed by atoms with Crippen LogP contribution in [-0.2, 0) is 14.8 Å². The van der Waals surface area contributed by atoms with E-state index in [2.05, 4.69) is 10.0 Å². The number of sulfonamides is 1. The molecular weight excluding hydrogens is 390 g/mol. The molecule has 0 spiro atoms. The number of rotatable bonds is 8. The highest BCUT2D eigenvalue weighted by atomic mass is 32.2. The number of nitrogens with one attached hydrogen (secondary N) is 2. The average molecular weight is 410 g/mol. The van der Waals surface area contributed by atoms with Crippen LogP contribution in [0.2, 0.25) is 0 Å². The summed E-state index contributed by atoms with van der Waals surface area (Å²) in [5, 5.41) is 2.59. The van der Waals surface area contributed by atoms with Gasteiger partial charge in [0, 0.05) is 18.5 Å².